The van der Waals surface area contributed by atoms with Crippen molar-refractivity contribution in [2.75, 3.05) is 12.8 Å². The number of ether oxygens (including phenoxy) is 1. The first kappa shape index (κ1) is 17.5. The molecule has 3 aromatic heterocycles. The molecule has 2 N–H and O–H groups in total. The number of nitrogen functional groups attached to an aromatic ring is 1. The molecule has 3 heterocycles. The SMILES string of the molecule is CCn1cc(-c2cc(-c3cnc(OC)nc3)c(C#N)c(N)n2)c2ccccc21. The minimum atomic E-state index is 0.180. The molecule has 0 fully saturated rings. The summed E-state index contributed by atoms with van der Waals surface area (Å²) < 4.78 is 7.18. The van der Waals surface area contributed by atoms with E-state index < -0.39 is 0 Å². The van der Waals surface area contributed by atoms with Crippen molar-refractivity contribution in [2.24, 2.45) is 0 Å². The fourth-order valence-electron chi connectivity index (χ4n) is 3.32. The molecule has 0 amide bonds. The molecule has 1 aromatic carbocycles. The van der Waals surface area contributed by atoms with E-state index in [0.717, 1.165) is 23.0 Å². The summed E-state index contributed by atoms with van der Waals surface area (Å²) in [5.74, 6) is 0.180. The van der Waals surface area contributed by atoms with Gasteiger partial charge in [-0.05, 0) is 19.1 Å². The summed E-state index contributed by atoms with van der Waals surface area (Å²) in [7, 11) is 1.50. The van der Waals surface area contributed by atoms with E-state index in [9.17, 15) is 5.26 Å². The summed E-state index contributed by atoms with van der Waals surface area (Å²) in [5.41, 5.74) is 10.5. The second kappa shape index (κ2) is 7.00. The molecule has 7 heteroatoms. The van der Waals surface area contributed by atoms with Crippen molar-refractivity contribution in [1.82, 2.24) is 19.5 Å². The lowest BCUT2D eigenvalue weighted by Crippen LogP contribution is -2.00. The minimum absolute atomic E-state index is 0.180. The zero-order valence-corrected chi connectivity index (χ0v) is 15.5. The van der Waals surface area contributed by atoms with Crippen LogP contribution in [0.5, 0.6) is 6.01 Å². The number of aromatic nitrogens is 4. The van der Waals surface area contributed by atoms with Crippen molar-refractivity contribution in [2.45, 2.75) is 13.5 Å². The number of methoxy groups -OCH3 is 1. The van der Waals surface area contributed by atoms with Crippen LogP contribution in [0, 0.1) is 11.3 Å². The number of rotatable bonds is 4. The van der Waals surface area contributed by atoms with Crippen LogP contribution in [0.25, 0.3) is 33.3 Å². The Morgan fingerprint density at radius 3 is 2.61 bits per heavy atom. The maximum Gasteiger partial charge on any atom is 0.316 e. The normalized spacial score (nSPS) is 10.8. The molecule has 4 aromatic rings. The summed E-state index contributed by atoms with van der Waals surface area (Å²) in [6.07, 6.45) is 5.29. The monoisotopic (exact) mass is 370 g/mol. The predicted octanol–water partition coefficient (Wildman–Crippen LogP) is 3.64. The lowest BCUT2D eigenvalue weighted by atomic mass is 10.0. The molecule has 0 aliphatic heterocycles. The third-order valence-electron chi connectivity index (χ3n) is 4.69. The Kier molecular flexibility index (Phi) is 4.38. The van der Waals surface area contributed by atoms with Gasteiger partial charge in [-0.2, -0.15) is 5.26 Å². The van der Waals surface area contributed by atoms with Gasteiger partial charge in [0.1, 0.15) is 17.5 Å². The number of anilines is 1. The number of benzene rings is 1. The molecule has 0 saturated carbocycles. The van der Waals surface area contributed by atoms with Gasteiger partial charge in [-0.15, -0.1) is 0 Å². The van der Waals surface area contributed by atoms with E-state index in [-0.39, 0.29) is 11.8 Å². The highest BCUT2D eigenvalue weighted by atomic mass is 16.5. The standard InChI is InChI=1S/C21H18N6O/c1-3-27-12-17(14-6-4-5-7-19(14)27)18-8-15(16(9-22)20(23)26-18)13-10-24-21(28-2)25-11-13/h4-8,10-12H,3H2,1-2H3,(H2,23,26). The largest absolute Gasteiger partial charge is 0.467 e. The number of fused-ring (bicyclic) bond motifs is 1. The number of hydrogen-bond donors (Lipinski definition) is 1. The topological polar surface area (TPSA) is 103 Å². The Bertz CT molecular complexity index is 1200. The number of nitrogens with two attached hydrogens (primary N) is 1. The van der Waals surface area contributed by atoms with E-state index in [4.69, 9.17) is 10.5 Å². The average Bonchev–Trinajstić information content (AvgIpc) is 3.12. The van der Waals surface area contributed by atoms with Crippen molar-refractivity contribution in [3.8, 4) is 34.5 Å². The second-order valence-corrected chi connectivity index (χ2v) is 6.23. The minimum Gasteiger partial charge on any atom is -0.467 e. The Labute approximate surface area is 162 Å². The summed E-state index contributed by atoms with van der Waals surface area (Å²) in [5, 5.41) is 10.7. The third-order valence-corrected chi connectivity index (χ3v) is 4.69. The molecule has 28 heavy (non-hydrogen) atoms. The van der Waals surface area contributed by atoms with Gasteiger partial charge in [0, 0.05) is 52.7 Å². The van der Waals surface area contributed by atoms with Crippen molar-refractivity contribution < 1.29 is 4.74 Å². The van der Waals surface area contributed by atoms with Crippen molar-refractivity contribution in [1.29, 1.82) is 5.26 Å². The van der Waals surface area contributed by atoms with Crippen LogP contribution in [0.4, 0.5) is 5.82 Å². The Morgan fingerprint density at radius 2 is 1.93 bits per heavy atom. The Hall–Kier alpha value is -3.92. The fraction of sp³-hybridized carbons (Fsp3) is 0.143. The number of nitrogens with zero attached hydrogens (tertiary/aromatic N) is 5. The maximum absolute atomic E-state index is 9.60. The van der Waals surface area contributed by atoms with E-state index in [0.29, 0.717) is 22.4 Å². The van der Waals surface area contributed by atoms with Crippen molar-refractivity contribution >= 4 is 16.7 Å². The van der Waals surface area contributed by atoms with Gasteiger partial charge in [0.2, 0.25) is 0 Å². The van der Waals surface area contributed by atoms with Crippen LogP contribution in [0.3, 0.4) is 0 Å². The summed E-state index contributed by atoms with van der Waals surface area (Å²) in [6.45, 7) is 2.93. The highest BCUT2D eigenvalue weighted by Crippen LogP contribution is 2.35. The number of para-hydroxylation sites is 1. The first-order valence-electron chi connectivity index (χ1n) is 8.81. The molecule has 0 aliphatic carbocycles. The summed E-state index contributed by atoms with van der Waals surface area (Å²) in [4.78, 5) is 12.8. The van der Waals surface area contributed by atoms with Crippen LogP contribution in [0.15, 0.2) is 48.9 Å². The molecular formula is C21H18N6O. The van der Waals surface area contributed by atoms with Gasteiger partial charge in [-0.25, -0.2) is 15.0 Å². The van der Waals surface area contributed by atoms with Crippen LogP contribution in [-0.4, -0.2) is 26.6 Å². The van der Waals surface area contributed by atoms with Crippen LogP contribution < -0.4 is 10.5 Å². The average molecular weight is 370 g/mol. The number of pyridine rings is 1. The first-order chi connectivity index (χ1) is 13.7. The van der Waals surface area contributed by atoms with Gasteiger partial charge in [-0.3, -0.25) is 0 Å². The number of hydrogen-bond acceptors (Lipinski definition) is 6. The molecule has 0 aliphatic rings. The smallest absolute Gasteiger partial charge is 0.316 e. The van der Waals surface area contributed by atoms with Crippen molar-refractivity contribution in [3.05, 3.63) is 54.5 Å². The van der Waals surface area contributed by atoms with Gasteiger partial charge in [0.25, 0.3) is 0 Å². The Balaban J connectivity index is 1.95. The molecular weight excluding hydrogens is 352 g/mol. The van der Waals surface area contributed by atoms with E-state index in [1.54, 1.807) is 12.4 Å². The van der Waals surface area contributed by atoms with Gasteiger partial charge >= 0.3 is 6.01 Å². The maximum atomic E-state index is 9.60. The van der Waals surface area contributed by atoms with E-state index >= 15 is 0 Å². The molecule has 138 valence electrons. The molecule has 0 saturated heterocycles. The Morgan fingerprint density at radius 1 is 1.18 bits per heavy atom. The summed E-state index contributed by atoms with van der Waals surface area (Å²) >= 11 is 0. The highest BCUT2D eigenvalue weighted by molar-refractivity contribution is 5.96. The predicted molar refractivity (Wildman–Crippen MR) is 108 cm³/mol. The lowest BCUT2D eigenvalue weighted by molar-refractivity contribution is 0.380. The molecule has 0 radical (unpaired) electrons. The van der Waals surface area contributed by atoms with Crippen LogP contribution in [0.2, 0.25) is 0 Å². The first-order valence-corrected chi connectivity index (χ1v) is 8.81. The number of aryl methyl sites for hydroxylation is 1. The van der Waals surface area contributed by atoms with Crippen LogP contribution >= 0.6 is 0 Å². The van der Waals surface area contributed by atoms with Gasteiger partial charge in [0.05, 0.1) is 12.8 Å². The molecule has 0 unspecified atom stereocenters. The quantitative estimate of drug-likeness (QED) is 0.588. The zero-order valence-electron chi connectivity index (χ0n) is 15.5. The van der Waals surface area contributed by atoms with E-state index in [2.05, 4.69) is 50.8 Å². The van der Waals surface area contributed by atoms with E-state index in [1.807, 2.05) is 18.2 Å². The van der Waals surface area contributed by atoms with Crippen molar-refractivity contribution in [3.63, 3.8) is 0 Å². The highest BCUT2D eigenvalue weighted by Gasteiger charge is 2.17. The zero-order chi connectivity index (χ0) is 19.7. The van der Waals surface area contributed by atoms with Gasteiger partial charge in [-0.1, -0.05) is 18.2 Å². The molecule has 4 rings (SSSR count). The van der Waals surface area contributed by atoms with E-state index in [1.165, 1.54) is 7.11 Å². The van der Waals surface area contributed by atoms with Crippen LogP contribution in [-0.2, 0) is 6.54 Å². The lowest BCUT2D eigenvalue weighted by Gasteiger charge is -2.09. The third kappa shape index (κ3) is 2.81. The van der Waals surface area contributed by atoms with Crippen LogP contribution in [0.1, 0.15) is 12.5 Å². The van der Waals surface area contributed by atoms with Gasteiger partial charge in [0.15, 0.2) is 0 Å². The summed E-state index contributed by atoms with van der Waals surface area (Å²) in [6, 6.07) is 12.4. The molecule has 0 spiro atoms. The molecule has 0 bridgehead atoms. The molecule has 7 nitrogen and oxygen atoms in total. The fourth-order valence-corrected chi connectivity index (χ4v) is 3.32. The van der Waals surface area contributed by atoms with Gasteiger partial charge < -0.3 is 15.0 Å². The molecule has 0 atom stereocenters. The second-order valence-electron chi connectivity index (χ2n) is 6.23. The number of nitriles is 1.